The standard InChI is InChI=1S/C17H17FN2O/c1-20-17-8-3-2-7-15(17)16(19-20)10-13(11-21)12-5-4-6-14(18)9-12/h2-9,13,21H,10-11H2,1H3. The van der Waals surface area contributed by atoms with Crippen LogP contribution in [0.2, 0.25) is 0 Å². The lowest BCUT2D eigenvalue weighted by Crippen LogP contribution is -2.09. The molecule has 1 heterocycles. The van der Waals surface area contributed by atoms with Crippen molar-refractivity contribution >= 4 is 10.9 Å². The average molecular weight is 284 g/mol. The Kier molecular flexibility index (Phi) is 3.71. The lowest BCUT2D eigenvalue weighted by molar-refractivity contribution is 0.263. The zero-order valence-electron chi connectivity index (χ0n) is 11.8. The summed E-state index contributed by atoms with van der Waals surface area (Å²) in [6.45, 7) is -0.0334. The number of para-hydroxylation sites is 1. The molecule has 0 spiro atoms. The molecule has 1 aromatic heterocycles. The first kappa shape index (κ1) is 13.8. The van der Waals surface area contributed by atoms with E-state index in [1.165, 1.54) is 12.1 Å². The Morgan fingerprint density at radius 2 is 2.00 bits per heavy atom. The van der Waals surface area contributed by atoms with E-state index in [1.54, 1.807) is 6.07 Å². The highest BCUT2D eigenvalue weighted by Crippen LogP contribution is 2.25. The van der Waals surface area contributed by atoms with E-state index in [4.69, 9.17) is 0 Å². The summed E-state index contributed by atoms with van der Waals surface area (Å²) in [4.78, 5) is 0. The molecule has 2 aromatic carbocycles. The maximum absolute atomic E-state index is 13.4. The van der Waals surface area contributed by atoms with Crippen molar-refractivity contribution in [3.8, 4) is 0 Å². The van der Waals surface area contributed by atoms with Crippen molar-refractivity contribution in [2.45, 2.75) is 12.3 Å². The summed E-state index contributed by atoms with van der Waals surface area (Å²) >= 11 is 0. The van der Waals surface area contributed by atoms with Crippen molar-refractivity contribution in [2.75, 3.05) is 6.61 Å². The smallest absolute Gasteiger partial charge is 0.123 e. The zero-order valence-corrected chi connectivity index (χ0v) is 11.8. The van der Waals surface area contributed by atoms with E-state index in [9.17, 15) is 9.50 Å². The molecule has 0 saturated heterocycles. The van der Waals surface area contributed by atoms with Crippen molar-refractivity contribution in [3.05, 3.63) is 65.6 Å². The minimum atomic E-state index is -0.281. The Hall–Kier alpha value is -2.20. The Labute approximate surface area is 122 Å². The van der Waals surface area contributed by atoms with Gasteiger partial charge in [0.15, 0.2) is 0 Å². The summed E-state index contributed by atoms with van der Waals surface area (Å²) in [5.74, 6) is -0.434. The number of aryl methyl sites for hydroxylation is 1. The van der Waals surface area contributed by atoms with Crippen LogP contribution in [0.25, 0.3) is 10.9 Å². The first-order valence-electron chi connectivity index (χ1n) is 6.96. The molecule has 21 heavy (non-hydrogen) atoms. The summed E-state index contributed by atoms with van der Waals surface area (Å²) < 4.78 is 15.2. The van der Waals surface area contributed by atoms with Gasteiger partial charge in [0.05, 0.1) is 17.8 Å². The van der Waals surface area contributed by atoms with Gasteiger partial charge in [-0.25, -0.2) is 4.39 Å². The molecule has 0 aliphatic rings. The van der Waals surface area contributed by atoms with E-state index in [0.29, 0.717) is 6.42 Å². The van der Waals surface area contributed by atoms with E-state index >= 15 is 0 Å². The van der Waals surface area contributed by atoms with Gasteiger partial charge in [-0.1, -0.05) is 30.3 Å². The number of hydrogen-bond donors (Lipinski definition) is 1. The molecular formula is C17H17FN2O. The Morgan fingerprint density at radius 3 is 2.76 bits per heavy atom. The fourth-order valence-electron chi connectivity index (χ4n) is 2.72. The second kappa shape index (κ2) is 5.66. The van der Waals surface area contributed by atoms with Gasteiger partial charge >= 0.3 is 0 Å². The predicted molar refractivity (Wildman–Crippen MR) is 80.6 cm³/mol. The van der Waals surface area contributed by atoms with E-state index < -0.39 is 0 Å². The normalized spacial score (nSPS) is 12.7. The number of aromatic nitrogens is 2. The average Bonchev–Trinajstić information content (AvgIpc) is 2.82. The maximum Gasteiger partial charge on any atom is 0.123 e. The number of halogens is 1. The molecule has 1 N–H and O–H groups in total. The van der Waals surface area contributed by atoms with Gasteiger partial charge in [-0.2, -0.15) is 5.10 Å². The molecule has 0 saturated carbocycles. The lowest BCUT2D eigenvalue weighted by atomic mass is 9.94. The van der Waals surface area contributed by atoms with Crippen LogP contribution in [-0.4, -0.2) is 21.5 Å². The second-order valence-electron chi connectivity index (χ2n) is 5.23. The highest BCUT2D eigenvalue weighted by Gasteiger charge is 2.16. The minimum absolute atomic E-state index is 0.0334. The number of aliphatic hydroxyl groups excluding tert-OH is 1. The van der Waals surface area contributed by atoms with Gasteiger partial charge in [-0.15, -0.1) is 0 Å². The number of rotatable bonds is 4. The molecule has 0 bridgehead atoms. The second-order valence-corrected chi connectivity index (χ2v) is 5.23. The topological polar surface area (TPSA) is 38.0 Å². The number of benzene rings is 2. The first-order valence-corrected chi connectivity index (χ1v) is 6.96. The van der Waals surface area contributed by atoms with E-state index in [2.05, 4.69) is 5.10 Å². The molecule has 108 valence electrons. The molecule has 0 fully saturated rings. The third-order valence-corrected chi connectivity index (χ3v) is 3.81. The van der Waals surface area contributed by atoms with Gasteiger partial charge in [-0.05, 0) is 23.8 Å². The third kappa shape index (κ3) is 2.67. The van der Waals surface area contributed by atoms with Gasteiger partial charge in [-0.3, -0.25) is 4.68 Å². The van der Waals surface area contributed by atoms with Crippen LogP contribution in [-0.2, 0) is 13.5 Å². The Balaban J connectivity index is 1.96. The maximum atomic E-state index is 13.4. The van der Waals surface area contributed by atoms with Gasteiger partial charge in [0.25, 0.3) is 0 Å². The quantitative estimate of drug-likeness (QED) is 0.799. The summed E-state index contributed by atoms with van der Waals surface area (Å²) in [5.41, 5.74) is 2.78. The molecule has 1 unspecified atom stereocenters. The van der Waals surface area contributed by atoms with Crippen LogP contribution >= 0.6 is 0 Å². The summed E-state index contributed by atoms with van der Waals surface area (Å²) in [6.07, 6.45) is 0.585. The monoisotopic (exact) mass is 284 g/mol. The highest BCUT2D eigenvalue weighted by atomic mass is 19.1. The third-order valence-electron chi connectivity index (χ3n) is 3.81. The van der Waals surface area contributed by atoms with Gasteiger partial charge < -0.3 is 5.11 Å². The molecule has 0 aliphatic carbocycles. The first-order chi connectivity index (χ1) is 10.2. The van der Waals surface area contributed by atoms with Crippen LogP contribution in [0.4, 0.5) is 4.39 Å². The van der Waals surface area contributed by atoms with Crippen molar-refractivity contribution in [3.63, 3.8) is 0 Å². The van der Waals surface area contributed by atoms with Crippen LogP contribution < -0.4 is 0 Å². The molecule has 3 rings (SSSR count). The molecule has 0 amide bonds. The number of hydrogen-bond acceptors (Lipinski definition) is 2. The van der Waals surface area contributed by atoms with Crippen LogP contribution in [0, 0.1) is 5.82 Å². The van der Waals surface area contributed by atoms with Crippen molar-refractivity contribution in [2.24, 2.45) is 7.05 Å². The predicted octanol–water partition coefficient (Wildman–Crippen LogP) is 3.03. The van der Waals surface area contributed by atoms with Gasteiger partial charge in [0.2, 0.25) is 0 Å². The summed E-state index contributed by atoms with van der Waals surface area (Å²) in [7, 11) is 1.90. The fourth-order valence-corrected chi connectivity index (χ4v) is 2.72. The van der Waals surface area contributed by atoms with Crippen molar-refractivity contribution in [1.82, 2.24) is 9.78 Å². The largest absolute Gasteiger partial charge is 0.396 e. The number of aliphatic hydroxyl groups is 1. The molecule has 4 heteroatoms. The van der Waals surface area contributed by atoms with Crippen LogP contribution in [0.15, 0.2) is 48.5 Å². The SMILES string of the molecule is Cn1nc(CC(CO)c2cccc(F)c2)c2ccccc21. The summed E-state index contributed by atoms with van der Waals surface area (Å²) in [5, 5.41) is 15.3. The van der Waals surface area contributed by atoms with E-state index in [1.807, 2.05) is 42.1 Å². The van der Waals surface area contributed by atoms with Gasteiger partial charge in [0, 0.05) is 24.8 Å². The minimum Gasteiger partial charge on any atom is -0.396 e. The zero-order chi connectivity index (χ0) is 14.8. The number of fused-ring (bicyclic) bond motifs is 1. The van der Waals surface area contributed by atoms with Crippen LogP contribution in [0.5, 0.6) is 0 Å². The molecule has 3 nitrogen and oxygen atoms in total. The molecular weight excluding hydrogens is 267 g/mol. The van der Waals surface area contributed by atoms with E-state index in [0.717, 1.165) is 22.2 Å². The lowest BCUT2D eigenvalue weighted by Gasteiger charge is -2.13. The Morgan fingerprint density at radius 1 is 1.19 bits per heavy atom. The molecule has 0 radical (unpaired) electrons. The molecule has 3 aromatic rings. The fraction of sp³-hybridized carbons (Fsp3) is 0.235. The molecule has 1 atom stereocenters. The molecule has 0 aliphatic heterocycles. The Bertz CT molecular complexity index is 766. The van der Waals surface area contributed by atoms with Crippen LogP contribution in [0.1, 0.15) is 17.2 Å². The highest BCUT2D eigenvalue weighted by molar-refractivity contribution is 5.81. The number of nitrogens with zero attached hydrogens (tertiary/aromatic N) is 2. The van der Waals surface area contributed by atoms with E-state index in [-0.39, 0.29) is 18.3 Å². The van der Waals surface area contributed by atoms with Gasteiger partial charge in [0.1, 0.15) is 5.82 Å². The summed E-state index contributed by atoms with van der Waals surface area (Å²) in [6, 6.07) is 14.4. The van der Waals surface area contributed by atoms with Crippen molar-refractivity contribution < 1.29 is 9.50 Å². The van der Waals surface area contributed by atoms with Crippen molar-refractivity contribution in [1.29, 1.82) is 0 Å². The van der Waals surface area contributed by atoms with Crippen LogP contribution in [0.3, 0.4) is 0 Å².